The molecule has 1 aliphatic heterocycles. The van der Waals surface area contributed by atoms with Crippen LogP contribution in [0.25, 0.3) is 11.2 Å². The van der Waals surface area contributed by atoms with E-state index in [1.807, 2.05) is 12.1 Å². The summed E-state index contributed by atoms with van der Waals surface area (Å²) in [6.45, 7) is -0.0853. The zero-order chi connectivity index (χ0) is 19.8. The molecule has 5 N–H and O–H groups in total. The van der Waals surface area contributed by atoms with Gasteiger partial charge in [0, 0.05) is 12.1 Å². The standard InChI is InChI=1S/C17H18IN5O5/c18-9-3-1-2-8(12(9)25)4-19-15-11-16(21-6-20-15)23(7-22-11)17-14(27)13(26)10(5-24)28-17/h1-3,6-7,10,13-14,17,24-27H,4-5H2,(H,19,20,21)/t10-,13-,14-,17-/m1/s1. The SMILES string of the molecule is OC[C@H]1O[C@@H](n2cnc3c(NCc4cccc(I)c4O)ncnc32)[C@H](O)[C@@H]1O. The summed E-state index contributed by atoms with van der Waals surface area (Å²) in [5.41, 5.74) is 1.56. The summed E-state index contributed by atoms with van der Waals surface area (Å²) < 4.78 is 7.79. The fourth-order valence-electron chi connectivity index (χ4n) is 3.16. The number of hydrogen-bond acceptors (Lipinski definition) is 9. The number of phenolic OH excluding ortho intramolecular Hbond substituents is 1. The van der Waals surface area contributed by atoms with E-state index < -0.39 is 31.1 Å². The number of rotatable bonds is 5. The molecule has 10 nitrogen and oxygen atoms in total. The maximum absolute atomic E-state index is 10.2. The van der Waals surface area contributed by atoms with Crippen LogP contribution in [-0.4, -0.2) is 64.9 Å². The first kappa shape index (κ1) is 19.3. The molecule has 0 radical (unpaired) electrons. The second-order valence-corrected chi connectivity index (χ2v) is 7.54. The number of para-hydroxylation sites is 1. The average molecular weight is 499 g/mol. The number of phenols is 1. The van der Waals surface area contributed by atoms with Crippen molar-refractivity contribution in [3.05, 3.63) is 40.0 Å². The molecule has 0 aliphatic carbocycles. The van der Waals surface area contributed by atoms with Crippen molar-refractivity contribution in [2.75, 3.05) is 11.9 Å². The number of imidazole rings is 1. The first-order valence-corrected chi connectivity index (χ1v) is 9.59. The first-order chi connectivity index (χ1) is 13.5. The quantitative estimate of drug-likeness (QED) is 0.314. The Bertz CT molecular complexity index is 999. The van der Waals surface area contributed by atoms with Gasteiger partial charge < -0.3 is 30.5 Å². The molecule has 2 aromatic heterocycles. The van der Waals surface area contributed by atoms with Crippen LogP contribution in [0.3, 0.4) is 0 Å². The minimum atomic E-state index is -1.23. The van der Waals surface area contributed by atoms with Gasteiger partial charge in [-0.05, 0) is 28.7 Å². The van der Waals surface area contributed by atoms with Crippen LogP contribution >= 0.6 is 22.6 Å². The predicted octanol–water partition coefficient (Wildman–Crippen LogP) is 0.360. The van der Waals surface area contributed by atoms with Gasteiger partial charge in [0.25, 0.3) is 0 Å². The van der Waals surface area contributed by atoms with Crippen LogP contribution in [0, 0.1) is 3.57 Å². The monoisotopic (exact) mass is 499 g/mol. The molecule has 1 aromatic carbocycles. The maximum atomic E-state index is 10.2. The molecule has 0 spiro atoms. The number of aliphatic hydroxyl groups is 3. The number of benzene rings is 1. The lowest BCUT2D eigenvalue weighted by molar-refractivity contribution is -0.0511. The topological polar surface area (TPSA) is 146 Å². The van der Waals surface area contributed by atoms with Crippen LogP contribution in [0.15, 0.2) is 30.9 Å². The van der Waals surface area contributed by atoms with Gasteiger partial charge in [-0.3, -0.25) is 4.57 Å². The molecule has 0 saturated carbocycles. The van der Waals surface area contributed by atoms with E-state index in [0.717, 1.165) is 3.57 Å². The van der Waals surface area contributed by atoms with Gasteiger partial charge in [0.05, 0.1) is 16.5 Å². The molecule has 3 aromatic rings. The Labute approximate surface area is 173 Å². The Morgan fingerprint density at radius 3 is 2.75 bits per heavy atom. The smallest absolute Gasteiger partial charge is 0.167 e. The van der Waals surface area contributed by atoms with E-state index in [9.17, 15) is 20.4 Å². The number of aromatic nitrogens is 4. The summed E-state index contributed by atoms with van der Waals surface area (Å²) in [7, 11) is 0. The van der Waals surface area contributed by atoms with E-state index >= 15 is 0 Å². The van der Waals surface area contributed by atoms with Crippen LogP contribution in [0.2, 0.25) is 0 Å². The largest absolute Gasteiger partial charge is 0.506 e. The molecule has 4 atom stereocenters. The van der Waals surface area contributed by atoms with Gasteiger partial charge in [-0.2, -0.15) is 0 Å². The van der Waals surface area contributed by atoms with Crippen molar-refractivity contribution in [2.24, 2.45) is 0 Å². The van der Waals surface area contributed by atoms with Crippen molar-refractivity contribution in [3.63, 3.8) is 0 Å². The van der Waals surface area contributed by atoms with Crippen LogP contribution in [0.1, 0.15) is 11.8 Å². The third-order valence-electron chi connectivity index (χ3n) is 4.67. The predicted molar refractivity (Wildman–Crippen MR) is 106 cm³/mol. The molecule has 1 fully saturated rings. The van der Waals surface area contributed by atoms with E-state index in [4.69, 9.17) is 4.74 Å². The molecule has 0 bridgehead atoms. The number of halogens is 1. The highest BCUT2D eigenvalue weighted by molar-refractivity contribution is 14.1. The third-order valence-corrected chi connectivity index (χ3v) is 5.54. The number of aliphatic hydroxyl groups excluding tert-OH is 3. The number of ether oxygens (including phenoxy) is 1. The van der Waals surface area contributed by atoms with Crippen molar-refractivity contribution < 1.29 is 25.2 Å². The average Bonchev–Trinajstić information content (AvgIpc) is 3.25. The molecule has 1 aliphatic rings. The lowest BCUT2D eigenvalue weighted by Crippen LogP contribution is -2.33. The molecular formula is C17H18IN5O5. The van der Waals surface area contributed by atoms with E-state index in [1.54, 1.807) is 6.07 Å². The van der Waals surface area contributed by atoms with E-state index in [0.29, 0.717) is 29.1 Å². The van der Waals surface area contributed by atoms with Crippen LogP contribution in [-0.2, 0) is 11.3 Å². The first-order valence-electron chi connectivity index (χ1n) is 8.51. The highest BCUT2D eigenvalue weighted by Gasteiger charge is 2.44. The van der Waals surface area contributed by atoms with Gasteiger partial charge in [-0.25, -0.2) is 15.0 Å². The fourth-order valence-corrected chi connectivity index (χ4v) is 3.71. The molecule has 1 saturated heterocycles. The van der Waals surface area contributed by atoms with Crippen molar-refractivity contribution in [1.29, 1.82) is 0 Å². The van der Waals surface area contributed by atoms with E-state index in [-0.39, 0.29) is 5.75 Å². The Balaban J connectivity index is 1.61. The van der Waals surface area contributed by atoms with Gasteiger partial charge in [0.1, 0.15) is 30.4 Å². The molecule has 4 rings (SSSR count). The lowest BCUT2D eigenvalue weighted by atomic mass is 10.1. The second-order valence-electron chi connectivity index (χ2n) is 6.38. The second kappa shape index (κ2) is 7.75. The Kier molecular flexibility index (Phi) is 5.33. The fraction of sp³-hybridized carbons (Fsp3) is 0.353. The number of hydrogen-bond donors (Lipinski definition) is 5. The summed E-state index contributed by atoms with van der Waals surface area (Å²) >= 11 is 2.06. The minimum Gasteiger partial charge on any atom is -0.506 e. The molecule has 28 heavy (non-hydrogen) atoms. The molecule has 0 unspecified atom stereocenters. The lowest BCUT2D eigenvalue weighted by Gasteiger charge is -2.16. The maximum Gasteiger partial charge on any atom is 0.167 e. The number of aromatic hydroxyl groups is 1. The van der Waals surface area contributed by atoms with E-state index in [1.165, 1.54) is 17.2 Å². The van der Waals surface area contributed by atoms with E-state index in [2.05, 4.69) is 42.9 Å². The Morgan fingerprint density at radius 2 is 2.00 bits per heavy atom. The Hall–Kier alpha value is -2.06. The molecule has 3 heterocycles. The van der Waals surface area contributed by atoms with Crippen LogP contribution in [0.5, 0.6) is 5.75 Å². The van der Waals surface area contributed by atoms with Crippen LogP contribution in [0.4, 0.5) is 5.82 Å². The molecule has 11 heteroatoms. The van der Waals surface area contributed by atoms with Crippen molar-refractivity contribution in [2.45, 2.75) is 31.1 Å². The van der Waals surface area contributed by atoms with Gasteiger partial charge in [0.15, 0.2) is 23.2 Å². The van der Waals surface area contributed by atoms with Crippen molar-refractivity contribution in [3.8, 4) is 5.75 Å². The van der Waals surface area contributed by atoms with Gasteiger partial charge >= 0.3 is 0 Å². The molecular weight excluding hydrogens is 481 g/mol. The van der Waals surface area contributed by atoms with Crippen LogP contribution < -0.4 is 5.32 Å². The zero-order valence-electron chi connectivity index (χ0n) is 14.5. The number of fused-ring (bicyclic) bond motifs is 1. The summed E-state index contributed by atoms with van der Waals surface area (Å²) in [5, 5.41) is 42.8. The van der Waals surface area contributed by atoms with Crippen molar-refractivity contribution in [1.82, 2.24) is 19.5 Å². The molecule has 0 amide bonds. The summed E-state index contributed by atoms with van der Waals surface area (Å²) in [6, 6.07) is 5.47. The van der Waals surface area contributed by atoms with Gasteiger partial charge in [-0.1, -0.05) is 12.1 Å². The summed E-state index contributed by atoms with van der Waals surface area (Å²) in [6.07, 6.45) is -1.48. The van der Waals surface area contributed by atoms with Gasteiger partial charge in [0.2, 0.25) is 0 Å². The Morgan fingerprint density at radius 1 is 1.18 bits per heavy atom. The summed E-state index contributed by atoms with van der Waals surface area (Å²) in [4.78, 5) is 12.7. The summed E-state index contributed by atoms with van der Waals surface area (Å²) in [5.74, 6) is 0.659. The highest BCUT2D eigenvalue weighted by atomic mass is 127. The minimum absolute atomic E-state index is 0.206. The third kappa shape index (κ3) is 3.28. The zero-order valence-corrected chi connectivity index (χ0v) is 16.6. The van der Waals surface area contributed by atoms with Crippen molar-refractivity contribution >= 4 is 39.6 Å². The molecule has 148 valence electrons. The number of anilines is 1. The normalized spacial score (nSPS) is 24.7. The number of nitrogens with zero attached hydrogens (tertiary/aromatic N) is 4. The number of nitrogens with one attached hydrogen (secondary N) is 1. The highest BCUT2D eigenvalue weighted by Crippen LogP contribution is 2.32. The van der Waals surface area contributed by atoms with Gasteiger partial charge in [-0.15, -0.1) is 0 Å².